The number of hydrogen-bond acceptors (Lipinski definition) is 2. The van der Waals surface area contributed by atoms with Crippen molar-refractivity contribution < 1.29 is 0 Å². The molecular weight excluding hydrogens is 160 g/mol. The van der Waals surface area contributed by atoms with Gasteiger partial charge in [0, 0.05) is 12.1 Å². The molecule has 0 fully saturated rings. The summed E-state index contributed by atoms with van der Waals surface area (Å²) in [5.74, 6) is 0. The van der Waals surface area contributed by atoms with Gasteiger partial charge in [-0.25, -0.2) is 0 Å². The maximum Gasteiger partial charge on any atom is 0.0290 e. The lowest BCUT2D eigenvalue weighted by Gasteiger charge is -2.22. The van der Waals surface area contributed by atoms with Gasteiger partial charge < -0.3 is 11.5 Å². The molecule has 0 saturated carbocycles. The van der Waals surface area contributed by atoms with E-state index in [0.29, 0.717) is 6.54 Å². The van der Waals surface area contributed by atoms with Gasteiger partial charge in [-0.15, -0.1) is 0 Å². The Hall–Kier alpha value is -0.860. The van der Waals surface area contributed by atoms with Crippen molar-refractivity contribution in [3.8, 4) is 0 Å². The van der Waals surface area contributed by atoms with E-state index in [4.69, 9.17) is 11.5 Å². The van der Waals surface area contributed by atoms with E-state index in [-0.39, 0.29) is 5.54 Å². The van der Waals surface area contributed by atoms with Crippen molar-refractivity contribution in [2.45, 2.75) is 25.8 Å². The minimum absolute atomic E-state index is 0.282. The quantitative estimate of drug-likeness (QED) is 0.731. The normalized spacial score (nSPS) is 15.4. The molecule has 1 unspecified atom stereocenters. The lowest BCUT2D eigenvalue weighted by molar-refractivity contribution is 0.477. The molecule has 1 atom stereocenters. The van der Waals surface area contributed by atoms with Gasteiger partial charge >= 0.3 is 0 Å². The first-order valence-corrected chi connectivity index (χ1v) is 4.58. The maximum absolute atomic E-state index is 5.96. The van der Waals surface area contributed by atoms with E-state index in [1.807, 2.05) is 6.92 Å². The molecule has 13 heavy (non-hydrogen) atoms. The van der Waals surface area contributed by atoms with Crippen LogP contribution in [0.2, 0.25) is 0 Å². The van der Waals surface area contributed by atoms with E-state index < -0.39 is 0 Å². The third kappa shape index (κ3) is 3.17. The first-order valence-electron chi connectivity index (χ1n) is 4.58. The van der Waals surface area contributed by atoms with Gasteiger partial charge in [0.25, 0.3) is 0 Å². The SMILES string of the molecule is Cc1ccc(CC(C)(N)CN)cc1. The molecule has 72 valence electrons. The molecule has 0 heterocycles. The topological polar surface area (TPSA) is 52.0 Å². The molecule has 1 rings (SSSR count). The summed E-state index contributed by atoms with van der Waals surface area (Å²) in [6, 6.07) is 8.41. The van der Waals surface area contributed by atoms with E-state index in [2.05, 4.69) is 31.2 Å². The van der Waals surface area contributed by atoms with Crippen molar-refractivity contribution >= 4 is 0 Å². The Morgan fingerprint density at radius 2 is 1.77 bits per heavy atom. The maximum atomic E-state index is 5.96. The molecule has 2 heteroatoms. The predicted molar refractivity (Wildman–Crippen MR) is 56.5 cm³/mol. The van der Waals surface area contributed by atoms with E-state index >= 15 is 0 Å². The summed E-state index contributed by atoms with van der Waals surface area (Å²) < 4.78 is 0. The minimum atomic E-state index is -0.282. The number of rotatable bonds is 3. The number of hydrogen-bond donors (Lipinski definition) is 2. The molecule has 0 spiro atoms. The Bertz CT molecular complexity index is 262. The molecule has 1 aromatic rings. The molecule has 0 saturated heterocycles. The number of nitrogens with two attached hydrogens (primary N) is 2. The Kier molecular flexibility index (Phi) is 3.07. The average molecular weight is 178 g/mol. The minimum Gasteiger partial charge on any atom is -0.329 e. The highest BCUT2D eigenvalue weighted by Gasteiger charge is 2.16. The average Bonchev–Trinajstić information content (AvgIpc) is 2.09. The molecule has 1 aromatic carbocycles. The van der Waals surface area contributed by atoms with Gasteiger partial charge in [-0.1, -0.05) is 29.8 Å². The van der Waals surface area contributed by atoms with Crippen molar-refractivity contribution in [2.24, 2.45) is 11.5 Å². The lowest BCUT2D eigenvalue weighted by Crippen LogP contribution is -2.45. The Morgan fingerprint density at radius 3 is 2.23 bits per heavy atom. The smallest absolute Gasteiger partial charge is 0.0290 e. The first-order chi connectivity index (χ1) is 6.03. The second-order valence-corrected chi connectivity index (χ2v) is 4.02. The second-order valence-electron chi connectivity index (χ2n) is 4.02. The van der Waals surface area contributed by atoms with Gasteiger partial charge in [0.15, 0.2) is 0 Å². The summed E-state index contributed by atoms with van der Waals surface area (Å²) in [7, 11) is 0. The number of aryl methyl sites for hydroxylation is 1. The summed E-state index contributed by atoms with van der Waals surface area (Å²) >= 11 is 0. The van der Waals surface area contributed by atoms with Crippen LogP contribution in [0.25, 0.3) is 0 Å². The first kappa shape index (κ1) is 10.2. The van der Waals surface area contributed by atoms with E-state index in [1.54, 1.807) is 0 Å². The summed E-state index contributed by atoms with van der Waals surface area (Å²) in [6.45, 7) is 4.57. The van der Waals surface area contributed by atoms with Gasteiger partial charge in [-0.05, 0) is 25.8 Å². The van der Waals surface area contributed by atoms with E-state index in [1.165, 1.54) is 11.1 Å². The number of benzene rings is 1. The largest absolute Gasteiger partial charge is 0.329 e. The summed E-state index contributed by atoms with van der Waals surface area (Å²) in [4.78, 5) is 0. The zero-order chi connectivity index (χ0) is 9.90. The molecule has 4 N–H and O–H groups in total. The van der Waals surface area contributed by atoms with Crippen LogP contribution in [-0.4, -0.2) is 12.1 Å². The van der Waals surface area contributed by atoms with Gasteiger partial charge in [-0.2, -0.15) is 0 Å². The van der Waals surface area contributed by atoms with Crippen LogP contribution in [0.1, 0.15) is 18.1 Å². The van der Waals surface area contributed by atoms with Crippen molar-refractivity contribution in [3.05, 3.63) is 35.4 Å². The Morgan fingerprint density at radius 1 is 1.23 bits per heavy atom. The lowest BCUT2D eigenvalue weighted by atomic mass is 9.94. The zero-order valence-corrected chi connectivity index (χ0v) is 8.38. The Balaban J connectivity index is 2.69. The van der Waals surface area contributed by atoms with Gasteiger partial charge in [-0.3, -0.25) is 0 Å². The van der Waals surface area contributed by atoms with Crippen LogP contribution in [0.4, 0.5) is 0 Å². The van der Waals surface area contributed by atoms with Crippen LogP contribution in [0, 0.1) is 6.92 Å². The van der Waals surface area contributed by atoms with Crippen molar-refractivity contribution in [2.75, 3.05) is 6.54 Å². The van der Waals surface area contributed by atoms with Crippen LogP contribution in [0.15, 0.2) is 24.3 Å². The monoisotopic (exact) mass is 178 g/mol. The third-order valence-corrected chi connectivity index (χ3v) is 2.19. The van der Waals surface area contributed by atoms with Gasteiger partial charge in [0.2, 0.25) is 0 Å². The highest BCUT2D eigenvalue weighted by Crippen LogP contribution is 2.10. The molecule has 0 amide bonds. The fraction of sp³-hybridized carbons (Fsp3) is 0.455. The van der Waals surface area contributed by atoms with Gasteiger partial charge in [0.05, 0.1) is 0 Å². The second kappa shape index (κ2) is 3.90. The zero-order valence-electron chi connectivity index (χ0n) is 8.38. The highest BCUT2D eigenvalue weighted by molar-refractivity contribution is 5.22. The van der Waals surface area contributed by atoms with Crippen molar-refractivity contribution in [1.82, 2.24) is 0 Å². The molecule has 0 aliphatic carbocycles. The predicted octanol–water partition coefficient (Wildman–Crippen LogP) is 1.21. The summed E-state index contributed by atoms with van der Waals surface area (Å²) in [5.41, 5.74) is 13.8. The third-order valence-electron chi connectivity index (χ3n) is 2.19. The van der Waals surface area contributed by atoms with Gasteiger partial charge in [0.1, 0.15) is 0 Å². The van der Waals surface area contributed by atoms with Crippen LogP contribution in [0.5, 0.6) is 0 Å². The molecule has 0 aromatic heterocycles. The highest BCUT2D eigenvalue weighted by atomic mass is 14.8. The molecule has 0 aliphatic heterocycles. The molecule has 2 nitrogen and oxygen atoms in total. The summed E-state index contributed by atoms with van der Waals surface area (Å²) in [5, 5.41) is 0. The van der Waals surface area contributed by atoms with Crippen LogP contribution < -0.4 is 11.5 Å². The van der Waals surface area contributed by atoms with Crippen molar-refractivity contribution in [3.63, 3.8) is 0 Å². The molecular formula is C11H18N2. The van der Waals surface area contributed by atoms with E-state index in [0.717, 1.165) is 6.42 Å². The van der Waals surface area contributed by atoms with Crippen LogP contribution in [0.3, 0.4) is 0 Å². The van der Waals surface area contributed by atoms with E-state index in [9.17, 15) is 0 Å². The van der Waals surface area contributed by atoms with Crippen LogP contribution >= 0.6 is 0 Å². The Labute approximate surface area is 79.9 Å². The molecule has 0 bridgehead atoms. The fourth-order valence-electron chi connectivity index (χ4n) is 1.24. The summed E-state index contributed by atoms with van der Waals surface area (Å²) in [6.07, 6.45) is 0.837. The van der Waals surface area contributed by atoms with Crippen LogP contribution in [-0.2, 0) is 6.42 Å². The molecule has 0 aliphatic rings. The fourth-order valence-corrected chi connectivity index (χ4v) is 1.24. The standard InChI is InChI=1S/C11H18N2/c1-9-3-5-10(6-4-9)7-11(2,13)8-12/h3-6H,7-8,12-13H2,1-2H3. The van der Waals surface area contributed by atoms with Crippen molar-refractivity contribution in [1.29, 1.82) is 0 Å². The molecule has 0 radical (unpaired) electrons.